The van der Waals surface area contributed by atoms with Gasteiger partial charge in [-0.05, 0) is 23.6 Å². The number of hydrogen-bond acceptors (Lipinski definition) is 3. The molecule has 3 aromatic rings. The van der Waals surface area contributed by atoms with Gasteiger partial charge >= 0.3 is 6.03 Å². The van der Waals surface area contributed by atoms with Crippen molar-refractivity contribution in [2.75, 3.05) is 6.54 Å². The molecule has 156 valence electrons. The lowest BCUT2D eigenvalue weighted by Gasteiger charge is -2.23. The lowest BCUT2D eigenvalue weighted by molar-refractivity contribution is -0.135. The van der Waals surface area contributed by atoms with Crippen LogP contribution in [0.4, 0.5) is 4.79 Å². The van der Waals surface area contributed by atoms with E-state index in [9.17, 15) is 14.4 Å². The number of benzene rings is 3. The highest BCUT2D eigenvalue weighted by molar-refractivity contribution is 6.09. The summed E-state index contributed by atoms with van der Waals surface area (Å²) in [5.41, 5.74) is 1.29. The van der Waals surface area contributed by atoms with Gasteiger partial charge in [-0.25, -0.2) is 4.79 Å². The fourth-order valence-electron chi connectivity index (χ4n) is 3.81. The summed E-state index contributed by atoms with van der Waals surface area (Å²) < 4.78 is 0. The lowest BCUT2D eigenvalue weighted by Crippen LogP contribution is -2.44. The number of amides is 4. The highest BCUT2D eigenvalue weighted by Gasteiger charge is 2.49. The molecule has 1 aliphatic rings. The second kappa shape index (κ2) is 8.44. The molecule has 0 bridgehead atoms. The molecule has 2 N–H and O–H groups in total. The number of carbonyl (C=O) groups is 3. The van der Waals surface area contributed by atoms with Gasteiger partial charge in [0, 0.05) is 0 Å². The Morgan fingerprint density at radius 3 is 1.87 bits per heavy atom. The zero-order valence-electron chi connectivity index (χ0n) is 17.1. The largest absolute Gasteiger partial charge is 0.344 e. The monoisotopic (exact) mass is 413 g/mol. The van der Waals surface area contributed by atoms with Gasteiger partial charge in [0.15, 0.2) is 0 Å². The van der Waals surface area contributed by atoms with Crippen molar-refractivity contribution in [3.05, 3.63) is 108 Å². The van der Waals surface area contributed by atoms with Crippen LogP contribution in [0.15, 0.2) is 91.0 Å². The summed E-state index contributed by atoms with van der Waals surface area (Å²) in [6.45, 7) is 1.29. The molecule has 1 saturated heterocycles. The molecule has 31 heavy (non-hydrogen) atoms. The summed E-state index contributed by atoms with van der Waals surface area (Å²) in [6.07, 6.45) is 0. The third-order valence-corrected chi connectivity index (χ3v) is 5.50. The van der Waals surface area contributed by atoms with Crippen LogP contribution in [-0.4, -0.2) is 29.3 Å². The Balaban J connectivity index is 1.53. The molecule has 1 atom stereocenters. The predicted molar refractivity (Wildman–Crippen MR) is 117 cm³/mol. The molecular weight excluding hydrogens is 390 g/mol. The van der Waals surface area contributed by atoms with Crippen LogP contribution in [0.1, 0.15) is 29.7 Å². The number of nitrogens with zero attached hydrogens (tertiary/aromatic N) is 1. The van der Waals surface area contributed by atoms with E-state index in [1.54, 1.807) is 31.2 Å². The average Bonchev–Trinajstić information content (AvgIpc) is 3.03. The van der Waals surface area contributed by atoms with Gasteiger partial charge in [0.05, 0.1) is 6.04 Å². The molecule has 6 nitrogen and oxygen atoms in total. The minimum atomic E-state index is -1.20. The highest BCUT2D eigenvalue weighted by atomic mass is 16.2. The number of nitrogens with one attached hydrogen (secondary N) is 2. The Kier molecular flexibility index (Phi) is 5.54. The van der Waals surface area contributed by atoms with E-state index >= 15 is 0 Å². The van der Waals surface area contributed by atoms with Gasteiger partial charge in [-0.3, -0.25) is 14.5 Å². The number of hydrogen-bond donors (Lipinski definition) is 2. The first kappa shape index (κ1) is 20.3. The number of carbonyl (C=O) groups excluding carboxylic acids is 3. The van der Waals surface area contributed by atoms with E-state index in [2.05, 4.69) is 10.6 Å². The van der Waals surface area contributed by atoms with Gasteiger partial charge in [0.2, 0.25) is 5.91 Å². The molecule has 0 saturated carbocycles. The fraction of sp³-hybridized carbons (Fsp3) is 0.160. The van der Waals surface area contributed by atoms with Gasteiger partial charge in [-0.2, -0.15) is 0 Å². The topological polar surface area (TPSA) is 78.5 Å². The Bertz CT molecular complexity index is 1050. The molecule has 4 rings (SSSR count). The Labute approximate surface area is 180 Å². The molecular formula is C25H23N3O3. The standard InChI is InChI=1S/C25H23N3O3/c1-25(20-15-9-4-10-16-20)23(30)28(24(31)27-25)17-21(29)26-22(18-11-5-2-6-12-18)19-13-7-3-8-14-19/h2-16,22H,17H2,1H3,(H,26,29)(H,27,31)/t25-/m1/s1. The van der Waals surface area contributed by atoms with Crippen molar-refractivity contribution in [3.63, 3.8) is 0 Å². The smallest absolute Gasteiger partial charge is 0.325 e. The second-order valence-electron chi connectivity index (χ2n) is 7.63. The summed E-state index contributed by atoms with van der Waals surface area (Å²) >= 11 is 0. The first-order chi connectivity index (χ1) is 15.0. The van der Waals surface area contributed by atoms with E-state index in [0.29, 0.717) is 5.56 Å². The van der Waals surface area contributed by atoms with Crippen molar-refractivity contribution in [1.29, 1.82) is 0 Å². The maximum Gasteiger partial charge on any atom is 0.325 e. The summed E-state index contributed by atoms with van der Waals surface area (Å²) in [6, 6.07) is 27.2. The normalized spacial score (nSPS) is 18.2. The molecule has 0 spiro atoms. The SMILES string of the molecule is C[C@]1(c2ccccc2)NC(=O)N(CC(=O)NC(c2ccccc2)c2ccccc2)C1=O. The van der Waals surface area contributed by atoms with Gasteiger partial charge in [0.25, 0.3) is 5.91 Å². The van der Waals surface area contributed by atoms with Crippen molar-refractivity contribution < 1.29 is 14.4 Å². The maximum atomic E-state index is 13.1. The van der Waals surface area contributed by atoms with Gasteiger partial charge in [-0.1, -0.05) is 91.0 Å². The number of imide groups is 1. The maximum absolute atomic E-state index is 13.1. The predicted octanol–water partition coefficient (Wildman–Crippen LogP) is 3.36. The van der Waals surface area contributed by atoms with Crippen molar-refractivity contribution in [3.8, 4) is 0 Å². The zero-order valence-corrected chi connectivity index (χ0v) is 17.1. The van der Waals surface area contributed by atoms with Crippen LogP contribution in [0, 0.1) is 0 Å². The quantitative estimate of drug-likeness (QED) is 0.609. The number of rotatable bonds is 6. The molecule has 0 aliphatic carbocycles. The average molecular weight is 413 g/mol. The van der Waals surface area contributed by atoms with Crippen LogP contribution in [0.2, 0.25) is 0 Å². The van der Waals surface area contributed by atoms with Crippen LogP contribution in [0.3, 0.4) is 0 Å². The van der Waals surface area contributed by atoms with Crippen LogP contribution in [0.25, 0.3) is 0 Å². The van der Waals surface area contributed by atoms with Crippen LogP contribution < -0.4 is 10.6 Å². The molecule has 4 amide bonds. The van der Waals surface area contributed by atoms with Crippen LogP contribution in [-0.2, 0) is 15.1 Å². The zero-order chi connectivity index (χ0) is 21.8. The summed E-state index contributed by atoms with van der Waals surface area (Å²) in [4.78, 5) is 39.5. The highest BCUT2D eigenvalue weighted by Crippen LogP contribution is 2.28. The van der Waals surface area contributed by atoms with E-state index in [0.717, 1.165) is 16.0 Å². The molecule has 6 heteroatoms. The molecule has 0 aromatic heterocycles. The summed E-state index contributed by atoms with van der Waals surface area (Å²) in [7, 11) is 0. The minimum absolute atomic E-state index is 0.358. The molecule has 1 fully saturated rings. The number of urea groups is 1. The molecule has 3 aromatic carbocycles. The Hall–Kier alpha value is -3.93. The first-order valence-electron chi connectivity index (χ1n) is 10.1. The van der Waals surface area contributed by atoms with Crippen molar-refractivity contribution in [2.24, 2.45) is 0 Å². The molecule has 1 aliphatic heterocycles. The Morgan fingerprint density at radius 1 is 0.871 bits per heavy atom. The molecule has 1 heterocycles. The fourth-order valence-corrected chi connectivity index (χ4v) is 3.81. The lowest BCUT2D eigenvalue weighted by atomic mass is 9.92. The van der Waals surface area contributed by atoms with Crippen LogP contribution >= 0.6 is 0 Å². The first-order valence-corrected chi connectivity index (χ1v) is 10.1. The third kappa shape index (κ3) is 4.05. The van der Waals surface area contributed by atoms with E-state index in [1.165, 1.54) is 0 Å². The van der Waals surface area contributed by atoms with E-state index in [4.69, 9.17) is 0 Å². The summed E-state index contributed by atoms with van der Waals surface area (Å²) in [5.74, 6) is -0.867. The van der Waals surface area contributed by atoms with Crippen molar-refractivity contribution in [1.82, 2.24) is 15.5 Å². The summed E-state index contributed by atoms with van der Waals surface area (Å²) in [5, 5.41) is 5.70. The minimum Gasteiger partial charge on any atom is -0.344 e. The van der Waals surface area contributed by atoms with Crippen molar-refractivity contribution in [2.45, 2.75) is 18.5 Å². The van der Waals surface area contributed by atoms with E-state index < -0.39 is 29.4 Å². The van der Waals surface area contributed by atoms with Crippen molar-refractivity contribution >= 4 is 17.8 Å². The van der Waals surface area contributed by atoms with E-state index in [-0.39, 0.29) is 6.54 Å². The van der Waals surface area contributed by atoms with E-state index in [1.807, 2.05) is 66.7 Å². The second-order valence-corrected chi connectivity index (χ2v) is 7.63. The van der Waals surface area contributed by atoms with Gasteiger partial charge in [-0.15, -0.1) is 0 Å². The van der Waals surface area contributed by atoms with Gasteiger partial charge < -0.3 is 10.6 Å². The Morgan fingerprint density at radius 2 is 1.35 bits per heavy atom. The molecule has 0 radical (unpaired) electrons. The molecule has 0 unspecified atom stereocenters. The van der Waals surface area contributed by atoms with Gasteiger partial charge in [0.1, 0.15) is 12.1 Å². The third-order valence-electron chi connectivity index (χ3n) is 5.50. The van der Waals surface area contributed by atoms with Crippen LogP contribution in [0.5, 0.6) is 0 Å².